The molecule has 0 saturated heterocycles. The summed E-state index contributed by atoms with van der Waals surface area (Å²) >= 11 is 0. The second-order valence-electron chi connectivity index (χ2n) is 7.08. The van der Waals surface area contributed by atoms with Gasteiger partial charge in [-0.05, 0) is 29.4 Å². The van der Waals surface area contributed by atoms with Crippen LogP contribution >= 0.6 is 0 Å². The molecule has 0 N–H and O–H groups in total. The van der Waals surface area contributed by atoms with Gasteiger partial charge in [-0.1, -0.05) is 53.7 Å². The number of hydrogen-bond donors (Lipinski definition) is 0. The lowest BCUT2D eigenvalue weighted by molar-refractivity contribution is 0.0487. The Morgan fingerprint density at radius 3 is 1.59 bits per heavy atom. The van der Waals surface area contributed by atoms with Crippen LogP contribution in [0.5, 0.6) is 0 Å². The van der Waals surface area contributed by atoms with E-state index in [4.69, 9.17) is 14.0 Å². The summed E-state index contributed by atoms with van der Waals surface area (Å²) in [6.07, 6.45) is 1.75. The molecule has 0 unspecified atom stereocenters. The molecular weight excluding hydrogens is 277 g/mol. The van der Waals surface area contributed by atoms with Crippen LogP contribution in [0, 0.1) is 17.8 Å². The minimum absolute atomic E-state index is 0.398. The Kier molecular flexibility index (Phi) is 8.08. The summed E-state index contributed by atoms with van der Waals surface area (Å²) in [5, 5.41) is 0. The average Bonchev–Trinajstić information content (AvgIpc) is 2.47. The summed E-state index contributed by atoms with van der Waals surface area (Å²) in [5.74, 6) is 1.20. The van der Waals surface area contributed by atoms with Gasteiger partial charge in [0.05, 0.1) is 0 Å². The number of hydrogen-bond acceptors (Lipinski definition) is 4. The molecule has 1 rings (SSSR count). The first-order valence-electron chi connectivity index (χ1n) is 8.32. The molecule has 0 radical (unpaired) electrons. The molecule has 0 bridgehead atoms. The van der Waals surface area contributed by atoms with E-state index in [9.17, 15) is 0 Å². The Morgan fingerprint density at radius 1 is 0.818 bits per heavy atom. The van der Waals surface area contributed by atoms with Crippen molar-refractivity contribution in [3.8, 4) is 0 Å². The average molecular weight is 308 g/mol. The molecule has 0 amide bonds. The van der Waals surface area contributed by atoms with Crippen LogP contribution in [0.25, 0.3) is 0 Å². The summed E-state index contributed by atoms with van der Waals surface area (Å²) in [4.78, 5) is 4.44. The topological polar surface area (TPSA) is 40.6 Å². The van der Waals surface area contributed by atoms with Crippen molar-refractivity contribution < 1.29 is 14.0 Å². The third-order valence-corrected chi connectivity index (χ3v) is 3.00. The Balaban J connectivity index is 3.03. The number of rotatable bonds is 10. The molecule has 126 valence electrons. The third-order valence-electron chi connectivity index (χ3n) is 3.00. The minimum Gasteiger partial charge on any atom is -0.539 e. The van der Waals surface area contributed by atoms with Gasteiger partial charge in [-0.15, -0.1) is 0 Å². The van der Waals surface area contributed by atoms with E-state index in [1.165, 1.54) is 0 Å². The molecule has 1 aromatic rings. The fraction of sp³-hybridized carbons (Fsp3) is 0.706. The number of aromatic nitrogens is 1. The molecule has 0 aliphatic carbocycles. The summed E-state index contributed by atoms with van der Waals surface area (Å²) in [5.41, 5.74) is 0.726. The highest BCUT2D eigenvalue weighted by Gasteiger charge is 2.34. The van der Waals surface area contributed by atoms with E-state index >= 15 is 0 Å². The summed E-state index contributed by atoms with van der Waals surface area (Å²) in [7, 11) is 0. The van der Waals surface area contributed by atoms with Crippen molar-refractivity contribution in [3.05, 3.63) is 24.4 Å². The van der Waals surface area contributed by atoms with Gasteiger partial charge in [-0.3, -0.25) is 4.98 Å². The van der Waals surface area contributed by atoms with Gasteiger partial charge in [0.25, 0.3) is 0 Å². The molecule has 1 aromatic heterocycles. The SMILES string of the molecule is CC(C)CO[B-](OCC(C)C)(OCC(C)C)c1ccccn1. The summed E-state index contributed by atoms with van der Waals surface area (Å²) < 4.78 is 18.4. The fourth-order valence-electron chi connectivity index (χ4n) is 1.94. The minimum atomic E-state index is -2.01. The van der Waals surface area contributed by atoms with E-state index in [-0.39, 0.29) is 0 Å². The molecule has 0 saturated carbocycles. The highest BCUT2D eigenvalue weighted by atomic mass is 16.8. The predicted molar refractivity (Wildman–Crippen MR) is 92.0 cm³/mol. The summed E-state index contributed by atoms with van der Waals surface area (Å²) in [6, 6.07) is 5.74. The molecule has 0 aliphatic rings. The van der Waals surface area contributed by atoms with Gasteiger partial charge in [0, 0.05) is 26.0 Å². The highest BCUT2D eigenvalue weighted by molar-refractivity contribution is 6.74. The van der Waals surface area contributed by atoms with E-state index < -0.39 is 6.75 Å². The maximum Gasteiger partial charge on any atom is 0.427 e. The molecule has 0 aromatic carbocycles. The first kappa shape index (κ1) is 19.1. The third kappa shape index (κ3) is 6.47. The smallest absolute Gasteiger partial charge is 0.427 e. The Bertz CT molecular complexity index is 378. The van der Waals surface area contributed by atoms with Crippen LogP contribution in [0.3, 0.4) is 0 Å². The molecule has 1 heterocycles. The van der Waals surface area contributed by atoms with E-state index in [1.54, 1.807) is 6.20 Å². The largest absolute Gasteiger partial charge is 0.539 e. The van der Waals surface area contributed by atoms with Crippen LogP contribution in [0.4, 0.5) is 0 Å². The van der Waals surface area contributed by atoms with Crippen LogP contribution in [-0.4, -0.2) is 31.6 Å². The van der Waals surface area contributed by atoms with Crippen molar-refractivity contribution >= 4 is 12.3 Å². The molecule has 5 heteroatoms. The van der Waals surface area contributed by atoms with Crippen LogP contribution < -0.4 is 5.59 Å². The van der Waals surface area contributed by atoms with Gasteiger partial charge in [-0.2, -0.15) is 0 Å². The Morgan fingerprint density at radius 2 is 1.27 bits per heavy atom. The quantitative estimate of drug-likeness (QED) is 0.622. The van der Waals surface area contributed by atoms with Crippen molar-refractivity contribution in [3.63, 3.8) is 0 Å². The van der Waals surface area contributed by atoms with Crippen LogP contribution in [0.2, 0.25) is 0 Å². The van der Waals surface area contributed by atoms with Gasteiger partial charge >= 0.3 is 6.75 Å². The van der Waals surface area contributed by atoms with Crippen LogP contribution in [0.15, 0.2) is 24.4 Å². The fourth-order valence-corrected chi connectivity index (χ4v) is 1.94. The highest BCUT2D eigenvalue weighted by Crippen LogP contribution is 2.15. The van der Waals surface area contributed by atoms with Gasteiger partial charge in [0.2, 0.25) is 0 Å². The normalized spacial score (nSPS) is 12.6. The van der Waals surface area contributed by atoms with E-state index in [0.717, 1.165) is 5.59 Å². The van der Waals surface area contributed by atoms with Gasteiger partial charge in [0.15, 0.2) is 0 Å². The Hall–Kier alpha value is -0.905. The lowest BCUT2D eigenvalue weighted by Crippen LogP contribution is -2.59. The molecule has 0 spiro atoms. The maximum absolute atomic E-state index is 6.13. The molecule has 0 fully saturated rings. The Labute approximate surface area is 135 Å². The zero-order chi connectivity index (χ0) is 16.6. The first-order chi connectivity index (χ1) is 10.4. The standard InChI is InChI=1S/C17H31BNO3/c1-14(2)11-20-18(21-12-15(3)4,22-13-16(5)6)17-9-7-8-10-19-17/h7-10,14-16H,11-13H2,1-6H3/q-1. The lowest BCUT2D eigenvalue weighted by Gasteiger charge is -2.42. The zero-order valence-corrected chi connectivity index (χ0v) is 14.9. The molecule has 22 heavy (non-hydrogen) atoms. The van der Waals surface area contributed by atoms with Crippen molar-refractivity contribution in [1.82, 2.24) is 4.98 Å². The van der Waals surface area contributed by atoms with E-state index in [0.29, 0.717) is 37.6 Å². The van der Waals surface area contributed by atoms with Gasteiger partial charge < -0.3 is 14.0 Å². The monoisotopic (exact) mass is 308 g/mol. The van der Waals surface area contributed by atoms with Crippen molar-refractivity contribution in [2.24, 2.45) is 17.8 Å². The first-order valence-corrected chi connectivity index (χ1v) is 8.32. The van der Waals surface area contributed by atoms with E-state index in [2.05, 4.69) is 46.5 Å². The summed E-state index contributed by atoms with van der Waals surface area (Å²) in [6.45, 7) is 12.4. The lowest BCUT2D eigenvalue weighted by atomic mass is 9.72. The van der Waals surface area contributed by atoms with Gasteiger partial charge in [0.1, 0.15) is 0 Å². The molecule has 4 nitrogen and oxygen atoms in total. The second-order valence-corrected chi connectivity index (χ2v) is 7.08. The number of nitrogens with zero attached hydrogens (tertiary/aromatic N) is 1. The van der Waals surface area contributed by atoms with Crippen molar-refractivity contribution in [2.75, 3.05) is 19.8 Å². The van der Waals surface area contributed by atoms with Gasteiger partial charge in [-0.25, -0.2) is 0 Å². The second kappa shape index (κ2) is 9.28. The van der Waals surface area contributed by atoms with Crippen molar-refractivity contribution in [1.29, 1.82) is 0 Å². The molecule has 0 aliphatic heterocycles. The molecule has 0 atom stereocenters. The van der Waals surface area contributed by atoms with Crippen molar-refractivity contribution in [2.45, 2.75) is 41.5 Å². The van der Waals surface area contributed by atoms with Crippen LogP contribution in [0.1, 0.15) is 41.5 Å². The van der Waals surface area contributed by atoms with Crippen LogP contribution in [-0.2, 0) is 14.0 Å². The molecular formula is C17H31BNO3-. The zero-order valence-electron chi connectivity index (χ0n) is 14.9. The van der Waals surface area contributed by atoms with E-state index in [1.807, 2.05) is 18.2 Å². The maximum atomic E-state index is 6.13. The number of pyridine rings is 1. The predicted octanol–water partition coefficient (Wildman–Crippen LogP) is 3.25.